The number of anilines is 1. The Kier molecular flexibility index (Phi) is 5.62. The summed E-state index contributed by atoms with van der Waals surface area (Å²) in [5.74, 6) is 1.55. The Morgan fingerprint density at radius 2 is 1.72 bits per heavy atom. The van der Waals surface area contributed by atoms with Gasteiger partial charge in [0, 0.05) is 49.5 Å². The Labute approximate surface area is 170 Å². The van der Waals surface area contributed by atoms with Crippen molar-refractivity contribution in [2.75, 3.05) is 38.2 Å². The van der Waals surface area contributed by atoms with Gasteiger partial charge < -0.3 is 14.1 Å². The molecule has 1 aromatic heterocycles. The summed E-state index contributed by atoms with van der Waals surface area (Å²) in [7, 11) is 1.65. The summed E-state index contributed by atoms with van der Waals surface area (Å²) in [6.45, 7) is 6.18. The van der Waals surface area contributed by atoms with Gasteiger partial charge in [-0.15, -0.1) is 0 Å². The number of nitrogens with zero attached hydrogens (tertiary/aromatic N) is 3. The first-order valence-corrected chi connectivity index (χ1v) is 9.79. The van der Waals surface area contributed by atoms with E-state index in [0.717, 1.165) is 61.0 Å². The Morgan fingerprint density at radius 3 is 2.34 bits per heavy atom. The third-order valence-corrected chi connectivity index (χ3v) is 5.29. The largest absolute Gasteiger partial charge is 0.497 e. The van der Waals surface area contributed by atoms with Crippen LogP contribution in [0.3, 0.4) is 0 Å². The molecule has 2 aromatic carbocycles. The van der Waals surface area contributed by atoms with Gasteiger partial charge in [-0.2, -0.15) is 0 Å². The second kappa shape index (κ2) is 8.49. The average molecular weight is 391 g/mol. The molecule has 1 saturated heterocycles. The number of benzene rings is 2. The van der Waals surface area contributed by atoms with Gasteiger partial charge in [0.25, 0.3) is 0 Å². The molecular formula is C23H25N3O3. The fraction of sp³-hybridized carbons (Fsp3) is 0.304. The minimum absolute atomic E-state index is 0.1000. The number of hydrogen-bond donors (Lipinski definition) is 0. The lowest BCUT2D eigenvalue weighted by molar-refractivity contribution is 0.101. The van der Waals surface area contributed by atoms with Crippen molar-refractivity contribution in [2.45, 2.75) is 13.5 Å². The summed E-state index contributed by atoms with van der Waals surface area (Å²) < 4.78 is 10.9. The monoisotopic (exact) mass is 391 g/mol. The van der Waals surface area contributed by atoms with E-state index < -0.39 is 0 Å². The number of carbonyl (C=O) groups excluding carboxylic acids is 1. The van der Waals surface area contributed by atoms with Crippen molar-refractivity contribution >= 4 is 11.5 Å². The number of Topliss-reactive ketones (excluding diaryl/α,β-unsaturated/α-hetero) is 1. The normalized spacial score (nSPS) is 14.8. The molecular weight excluding hydrogens is 366 g/mol. The Hall–Kier alpha value is -3.12. The van der Waals surface area contributed by atoms with Crippen LogP contribution in [0.5, 0.6) is 5.75 Å². The van der Waals surface area contributed by atoms with Crippen LogP contribution in [0.2, 0.25) is 0 Å². The van der Waals surface area contributed by atoms with Crippen LogP contribution in [0.4, 0.5) is 5.69 Å². The van der Waals surface area contributed by atoms with Gasteiger partial charge in [-0.05, 0) is 55.5 Å². The van der Waals surface area contributed by atoms with Crippen LogP contribution in [-0.2, 0) is 6.54 Å². The number of aromatic nitrogens is 1. The van der Waals surface area contributed by atoms with Crippen LogP contribution in [-0.4, -0.2) is 49.0 Å². The van der Waals surface area contributed by atoms with Crippen LogP contribution in [0.15, 0.2) is 59.2 Å². The molecule has 150 valence electrons. The number of ketones is 1. The van der Waals surface area contributed by atoms with Crippen molar-refractivity contribution in [2.24, 2.45) is 0 Å². The van der Waals surface area contributed by atoms with Gasteiger partial charge in [0.15, 0.2) is 5.78 Å². The van der Waals surface area contributed by atoms with E-state index in [2.05, 4.69) is 14.8 Å². The van der Waals surface area contributed by atoms with E-state index >= 15 is 0 Å². The smallest absolute Gasteiger partial charge is 0.226 e. The molecule has 2 heterocycles. The second-order valence-electron chi connectivity index (χ2n) is 7.24. The van der Waals surface area contributed by atoms with Crippen molar-refractivity contribution in [1.82, 2.24) is 9.88 Å². The van der Waals surface area contributed by atoms with Crippen molar-refractivity contribution < 1.29 is 13.9 Å². The van der Waals surface area contributed by atoms with Crippen LogP contribution in [0.25, 0.3) is 11.5 Å². The Morgan fingerprint density at radius 1 is 1.03 bits per heavy atom. The summed E-state index contributed by atoms with van der Waals surface area (Å²) in [4.78, 5) is 20.8. The van der Waals surface area contributed by atoms with Gasteiger partial charge >= 0.3 is 0 Å². The van der Waals surface area contributed by atoms with Crippen molar-refractivity contribution in [3.05, 3.63) is 66.1 Å². The lowest BCUT2D eigenvalue weighted by atomic mass is 10.1. The lowest BCUT2D eigenvalue weighted by Crippen LogP contribution is -2.46. The Balaban J connectivity index is 1.32. The fourth-order valence-electron chi connectivity index (χ4n) is 3.55. The van der Waals surface area contributed by atoms with Crippen molar-refractivity contribution in [3.63, 3.8) is 0 Å². The molecule has 0 amide bonds. The van der Waals surface area contributed by atoms with Crippen LogP contribution < -0.4 is 9.64 Å². The van der Waals surface area contributed by atoms with Crippen LogP contribution in [0.1, 0.15) is 23.0 Å². The van der Waals surface area contributed by atoms with E-state index in [4.69, 9.17) is 9.15 Å². The quantitative estimate of drug-likeness (QED) is 0.595. The first-order valence-electron chi connectivity index (χ1n) is 9.79. The summed E-state index contributed by atoms with van der Waals surface area (Å²) in [5.41, 5.74) is 3.80. The third kappa shape index (κ3) is 4.49. The van der Waals surface area contributed by atoms with Crippen molar-refractivity contribution in [3.8, 4) is 17.2 Å². The molecule has 4 rings (SSSR count). The standard InChI is InChI=1S/C23H25N3O3/c1-17(27)18-3-7-21(8-4-18)26-13-11-25(12-14-26)15-20-16-29-23(24-20)19-5-9-22(28-2)10-6-19/h3-10,16H,11-15H2,1-2H3. The van der Waals surface area contributed by atoms with Crippen molar-refractivity contribution in [1.29, 1.82) is 0 Å². The van der Waals surface area contributed by atoms with E-state index in [1.165, 1.54) is 0 Å². The van der Waals surface area contributed by atoms with E-state index in [0.29, 0.717) is 5.89 Å². The van der Waals surface area contributed by atoms with E-state index in [1.807, 2.05) is 48.5 Å². The highest BCUT2D eigenvalue weighted by Crippen LogP contribution is 2.23. The summed E-state index contributed by atoms with van der Waals surface area (Å²) >= 11 is 0. The zero-order valence-electron chi connectivity index (χ0n) is 16.8. The number of piperazine rings is 1. The van der Waals surface area contributed by atoms with Crippen LogP contribution in [0, 0.1) is 0 Å². The molecule has 3 aromatic rings. The number of methoxy groups -OCH3 is 1. The maximum absolute atomic E-state index is 11.4. The highest BCUT2D eigenvalue weighted by Gasteiger charge is 2.19. The van der Waals surface area contributed by atoms with Gasteiger partial charge in [0.05, 0.1) is 12.8 Å². The fourth-order valence-corrected chi connectivity index (χ4v) is 3.55. The molecule has 0 saturated carbocycles. The first kappa shape index (κ1) is 19.2. The zero-order valence-corrected chi connectivity index (χ0v) is 16.8. The minimum atomic E-state index is 0.1000. The predicted octanol–water partition coefficient (Wildman–Crippen LogP) is 3.88. The molecule has 1 aliphatic rings. The second-order valence-corrected chi connectivity index (χ2v) is 7.24. The molecule has 0 unspecified atom stereocenters. The predicted molar refractivity (Wildman–Crippen MR) is 112 cm³/mol. The maximum Gasteiger partial charge on any atom is 0.226 e. The molecule has 0 atom stereocenters. The minimum Gasteiger partial charge on any atom is -0.497 e. The molecule has 29 heavy (non-hydrogen) atoms. The topological polar surface area (TPSA) is 58.8 Å². The molecule has 0 bridgehead atoms. The number of rotatable bonds is 6. The molecule has 0 spiro atoms. The maximum atomic E-state index is 11.4. The third-order valence-electron chi connectivity index (χ3n) is 5.29. The zero-order chi connectivity index (χ0) is 20.2. The number of oxazole rings is 1. The van der Waals surface area contributed by atoms with Gasteiger partial charge in [0.2, 0.25) is 5.89 Å². The van der Waals surface area contributed by atoms with E-state index in [-0.39, 0.29) is 5.78 Å². The number of carbonyl (C=O) groups is 1. The molecule has 0 radical (unpaired) electrons. The molecule has 1 fully saturated rings. The molecule has 6 heteroatoms. The highest BCUT2D eigenvalue weighted by molar-refractivity contribution is 5.94. The summed E-state index contributed by atoms with van der Waals surface area (Å²) in [5, 5.41) is 0. The molecule has 6 nitrogen and oxygen atoms in total. The Bertz CT molecular complexity index is 956. The SMILES string of the molecule is COc1ccc(-c2nc(CN3CCN(c4ccc(C(C)=O)cc4)CC3)co2)cc1. The summed E-state index contributed by atoms with van der Waals surface area (Å²) in [6.07, 6.45) is 1.74. The van der Waals surface area contributed by atoms with Crippen LogP contribution >= 0.6 is 0 Å². The first-order chi connectivity index (χ1) is 14.1. The lowest BCUT2D eigenvalue weighted by Gasteiger charge is -2.35. The summed E-state index contributed by atoms with van der Waals surface area (Å²) in [6, 6.07) is 15.6. The van der Waals surface area contributed by atoms with Gasteiger partial charge in [0.1, 0.15) is 12.0 Å². The van der Waals surface area contributed by atoms with Gasteiger partial charge in [-0.1, -0.05) is 0 Å². The van der Waals surface area contributed by atoms with Gasteiger partial charge in [-0.3, -0.25) is 9.69 Å². The molecule has 0 N–H and O–H groups in total. The van der Waals surface area contributed by atoms with E-state index in [9.17, 15) is 4.79 Å². The molecule has 1 aliphatic heterocycles. The van der Waals surface area contributed by atoms with E-state index in [1.54, 1.807) is 20.3 Å². The number of hydrogen-bond acceptors (Lipinski definition) is 6. The molecule has 0 aliphatic carbocycles. The number of ether oxygens (including phenoxy) is 1. The average Bonchev–Trinajstić information content (AvgIpc) is 3.23. The highest BCUT2D eigenvalue weighted by atomic mass is 16.5. The van der Waals surface area contributed by atoms with Gasteiger partial charge in [-0.25, -0.2) is 4.98 Å².